The summed E-state index contributed by atoms with van der Waals surface area (Å²) in [5.41, 5.74) is 3.56. The van der Waals surface area contributed by atoms with E-state index in [4.69, 9.17) is 16.7 Å². The molecule has 0 heterocycles. The number of hydrogen-bond acceptors (Lipinski definition) is 1. The van der Waals surface area contributed by atoms with E-state index in [9.17, 15) is 0 Å². The molecule has 0 aliphatic rings. The SMILES string of the molecule is Cc1cc(Cl)cc(CCO)c1C. The second kappa shape index (κ2) is 3.92. The van der Waals surface area contributed by atoms with Crippen LogP contribution in [0.5, 0.6) is 0 Å². The van der Waals surface area contributed by atoms with Gasteiger partial charge in [-0.1, -0.05) is 11.6 Å². The van der Waals surface area contributed by atoms with Crippen molar-refractivity contribution in [2.45, 2.75) is 20.3 Å². The summed E-state index contributed by atoms with van der Waals surface area (Å²) in [6, 6.07) is 3.86. The van der Waals surface area contributed by atoms with E-state index in [-0.39, 0.29) is 6.61 Å². The highest BCUT2D eigenvalue weighted by atomic mass is 35.5. The van der Waals surface area contributed by atoms with Gasteiger partial charge in [-0.25, -0.2) is 0 Å². The van der Waals surface area contributed by atoms with Crippen LogP contribution < -0.4 is 0 Å². The Bertz CT molecular complexity index is 281. The molecular formula is C10H13ClO. The van der Waals surface area contributed by atoms with Crippen LogP contribution in [-0.4, -0.2) is 11.7 Å². The summed E-state index contributed by atoms with van der Waals surface area (Å²) in [4.78, 5) is 0. The van der Waals surface area contributed by atoms with Crippen LogP contribution in [0, 0.1) is 13.8 Å². The van der Waals surface area contributed by atoms with Gasteiger partial charge in [0.15, 0.2) is 0 Å². The molecule has 0 spiro atoms. The molecule has 0 radical (unpaired) electrons. The minimum absolute atomic E-state index is 0.181. The van der Waals surface area contributed by atoms with Gasteiger partial charge < -0.3 is 5.11 Å². The molecule has 0 unspecified atom stereocenters. The topological polar surface area (TPSA) is 20.2 Å². The van der Waals surface area contributed by atoms with Gasteiger partial charge in [0, 0.05) is 11.6 Å². The first kappa shape index (κ1) is 9.56. The van der Waals surface area contributed by atoms with Gasteiger partial charge in [0.05, 0.1) is 0 Å². The summed E-state index contributed by atoms with van der Waals surface area (Å²) in [7, 11) is 0. The smallest absolute Gasteiger partial charge is 0.0471 e. The lowest BCUT2D eigenvalue weighted by Gasteiger charge is -2.07. The van der Waals surface area contributed by atoms with E-state index in [1.165, 1.54) is 11.1 Å². The molecule has 0 aromatic heterocycles. The Hall–Kier alpha value is -0.530. The van der Waals surface area contributed by atoms with Crippen LogP contribution in [0.15, 0.2) is 12.1 Å². The van der Waals surface area contributed by atoms with E-state index in [2.05, 4.69) is 6.92 Å². The van der Waals surface area contributed by atoms with Gasteiger partial charge in [0.1, 0.15) is 0 Å². The molecular weight excluding hydrogens is 172 g/mol. The van der Waals surface area contributed by atoms with Crippen molar-refractivity contribution in [2.75, 3.05) is 6.61 Å². The van der Waals surface area contributed by atoms with E-state index in [0.717, 1.165) is 10.6 Å². The number of benzene rings is 1. The van der Waals surface area contributed by atoms with Gasteiger partial charge in [0.25, 0.3) is 0 Å². The Kier molecular flexibility index (Phi) is 3.12. The third kappa shape index (κ3) is 1.99. The van der Waals surface area contributed by atoms with Gasteiger partial charge in [-0.05, 0) is 49.1 Å². The lowest BCUT2D eigenvalue weighted by atomic mass is 10.0. The lowest BCUT2D eigenvalue weighted by Crippen LogP contribution is -1.96. The molecule has 0 aliphatic heterocycles. The average molecular weight is 185 g/mol. The molecule has 1 nitrogen and oxygen atoms in total. The molecule has 0 aliphatic carbocycles. The molecule has 1 N–H and O–H groups in total. The third-order valence-electron chi connectivity index (χ3n) is 2.12. The Morgan fingerprint density at radius 3 is 2.58 bits per heavy atom. The van der Waals surface area contributed by atoms with Crippen LogP contribution >= 0.6 is 11.6 Å². The van der Waals surface area contributed by atoms with E-state index in [0.29, 0.717) is 6.42 Å². The van der Waals surface area contributed by atoms with Crippen molar-refractivity contribution < 1.29 is 5.11 Å². The van der Waals surface area contributed by atoms with Crippen molar-refractivity contribution in [3.8, 4) is 0 Å². The minimum Gasteiger partial charge on any atom is -0.396 e. The maximum atomic E-state index is 8.78. The normalized spacial score (nSPS) is 10.3. The Balaban J connectivity index is 3.09. The quantitative estimate of drug-likeness (QED) is 0.749. The number of aryl methyl sites for hydroxylation is 1. The van der Waals surface area contributed by atoms with E-state index < -0.39 is 0 Å². The molecule has 12 heavy (non-hydrogen) atoms. The first-order chi connectivity index (χ1) is 5.65. The van der Waals surface area contributed by atoms with Crippen molar-refractivity contribution in [1.29, 1.82) is 0 Å². The third-order valence-corrected chi connectivity index (χ3v) is 2.34. The molecule has 1 aromatic carbocycles. The van der Waals surface area contributed by atoms with Crippen molar-refractivity contribution in [2.24, 2.45) is 0 Å². The zero-order valence-corrected chi connectivity index (χ0v) is 8.15. The minimum atomic E-state index is 0.181. The zero-order chi connectivity index (χ0) is 9.14. The van der Waals surface area contributed by atoms with Crippen LogP contribution in [0.25, 0.3) is 0 Å². The number of hydrogen-bond donors (Lipinski definition) is 1. The maximum Gasteiger partial charge on any atom is 0.0471 e. The van der Waals surface area contributed by atoms with Crippen LogP contribution in [-0.2, 0) is 6.42 Å². The first-order valence-electron chi connectivity index (χ1n) is 4.01. The summed E-state index contributed by atoms with van der Waals surface area (Å²) in [6.45, 7) is 4.26. The average Bonchev–Trinajstić information content (AvgIpc) is 2.00. The molecule has 0 atom stereocenters. The van der Waals surface area contributed by atoms with Gasteiger partial charge in [-0.3, -0.25) is 0 Å². The maximum absolute atomic E-state index is 8.78. The molecule has 1 rings (SSSR count). The fourth-order valence-electron chi connectivity index (χ4n) is 1.26. The van der Waals surface area contributed by atoms with Crippen molar-refractivity contribution in [3.63, 3.8) is 0 Å². The number of halogens is 1. The van der Waals surface area contributed by atoms with Gasteiger partial charge in [-0.2, -0.15) is 0 Å². The van der Waals surface area contributed by atoms with Crippen LogP contribution in [0.1, 0.15) is 16.7 Å². The standard InChI is InChI=1S/C10H13ClO/c1-7-5-10(11)6-9(3-4-12)8(7)2/h5-6,12H,3-4H2,1-2H3. The summed E-state index contributed by atoms with van der Waals surface area (Å²) in [6.07, 6.45) is 0.688. The Labute approximate surface area is 78.0 Å². The largest absolute Gasteiger partial charge is 0.396 e. The highest BCUT2D eigenvalue weighted by molar-refractivity contribution is 6.30. The number of aliphatic hydroxyl groups is 1. The number of aliphatic hydroxyl groups excluding tert-OH is 1. The van der Waals surface area contributed by atoms with E-state index in [1.54, 1.807) is 0 Å². The molecule has 0 bridgehead atoms. The first-order valence-corrected chi connectivity index (χ1v) is 4.39. The second-order valence-corrected chi connectivity index (χ2v) is 3.42. The lowest BCUT2D eigenvalue weighted by molar-refractivity contribution is 0.299. The van der Waals surface area contributed by atoms with Crippen molar-refractivity contribution in [1.82, 2.24) is 0 Å². The highest BCUT2D eigenvalue weighted by Crippen LogP contribution is 2.19. The Morgan fingerprint density at radius 1 is 1.33 bits per heavy atom. The van der Waals surface area contributed by atoms with Gasteiger partial charge in [0.2, 0.25) is 0 Å². The van der Waals surface area contributed by atoms with Crippen LogP contribution in [0.2, 0.25) is 5.02 Å². The number of rotatable bonds is 2. The van der Waals surface area contributed by atoms with Gasteiger partial charge in [-0.15, -0.1) is 0 Å². The molecule has 66 valence electrons. The predicted octanol–water partition coefficient (Wildman–Crippen LogP) is 2.49. The van der Waals surface area contributed by atoms with Gasteiger partial charge >= 0.3 is 0 Å². The molecule has 0 fully saturated rings. The molecule has 2 heteroatoms. The molecule has 1 aromatic rings. The molecule has 0 saturated carbocycles. The Morgan fingerprint density at radius 2 is 2.00 bits per heavy atom. The molecule has 0 amide bonds. The van der Waals surface area contributed by atoms with Crippen molar-refractivity contribution in [3.05, 3.63) is 33.8 Å². The summed E-state index contributed by atoms with van der Waals surface area (Å²) < 4.78 is 0. The van der Waals surface area contributed by atoms with Crippen molar-refractivity contribution >= 4 is 11.6 Å². The monoisotopic (exact) mass is 184 g/mol. The summed E-state index contributed by atoms with van der Waals surface area (Å²) >= 11 is 5.88. The zero-order valence-electron chi connectivity index (χ0n) is 7.39. The van der Waals surface area contributed by atoms with E-state index in [1.807, 2.05) is 19.1 Å². The predicted molar refractivity (Wildman–Crippen MR) is 51.7 cm³/mol. The summed E-state index contributed by atoms with van der Waals surface area (Å²) in [5, 5.41) is 9.53. The fraction of sp³-hybridized carbons (Fsp3) is 0.400. The molecule has 0 saturated heterocycles. The highest BCUT2D eigenvalue weighted by Gasteiger charge is 2.02. The fourth-order valence-corrected chi connectivity index (χ4v) is 1.56. The van der Waals surface area contributed by atoms with E-state index >= 15 is 0 Å². The summed E-state index contributed by atoms with van der Waals surface area (Å²) in [5.74, 6) is 0. The van der Waals surface area contributed by atoms with Crippen LogP contribution in [0.3, 0.4) is 0 Å². The second-order valence-electron chi connectivity index (χ2n) is 2.98. The van der Waals surface area contributed by atoms with Crippen LogP contribution in [0.4, 0.5) is 0 Å².